The Morgan fingerprint density at radius 1 is 1.15 bits per heavy atom. The van der Waals surface area contributed by atoms with Crippen LogP contribution in [0.15, 0.2) is 42.9 Å². The molecule has 0 saturated carbocycles. The molecular formula is C23H22N6O4. The Hall–Kier alpha value is -4.18. The van der Waals surface area contributed by atoms with Crippen molar-refractivity contribution in [2.45, 2.75) is 19.6 Å². The number of nitrogens with one attached hydrogen (secondary N) is 1. The van der Waals surface area contributed by atoms with Crippen molar-refractivity contribution in [3.8, 4) is 17.3 Å². The third-order valence-corrected chi connectivity index (χ3v) is 5.55. The van der Waals surface area contributed by atoms with Crippen molar-refractivity contribution in [2.24, 2.45) is 0 Å². The van der Waals surface area contributed by atoms with E-state index in [9.17, 15) is 4.79 Å². The van der Waals surface area contributed by atoms with Crippen LogP contribution in [0.5, 0.6) is 11.6 Å². The highest BCUT2D eigenvalue weighted by Crippen LogP contribution is 2.37. The van der Waals surface area contributed by atoms with Crippen LogP contribution in [0.25, 0.3) is 16.7 Å². The molecule has 10 nitrogen and oxygen atoms in total. The Kier molecular flexibility index (Phi) is 5.27. The second-order valence-corrected chi connectivity index (χ2v) is 7.53. The standard InChI is InChI=1S/C23H22N6O4/c1-31-18-8-14(29-17-11-33-10-15(17)21-22(29)23(24)27-12-26-21)4-5-16(18)28-19(30)7-13-3-6-20(32-2)25-9-13/h3-6,8-9,12H,7,10-11H2,1-2H3,(H,28,30)(H2,24,26,27). The second kappa shape index (κ2) is 8.40. The normalized spacial score (nSPS) is 12.5. The van der Waals surface area contributed by atoms with E-state index in [1.165, 1.54) is 6.33 Å². The molecule has 0 unspecified atom stereocenters. The maximum absolute atomic E-state index is 12.6. The Balaban J connectivity index is 1.45. The van der Waals surface area contributed by atoms with Crippen molar-refractivity contribution in [3.05, 3.63) is 59.7 Å². The fraction of sp³-hybridized carbons (Fsp3) is 0.217. The molecule has 33 heavy (non-hydrogen) atoms. The van der Waals surface area contributed by atoms with Crippen molar-refractivity contribution in [2.75, 3.05) is 25.3 Å². The summed E-state index contributed by atoms with van der Waals surface area (Å²) in [6.07, 6.45) is 3.24. The number of carbonyl (C=O) groups is 1. The third-order valence-electron chi connectivity index (χ3n) is 5.55. The van der Waals surface area contributed by atoms with Crippen molar-refractivity contribution in [3.63, 3.8) is 0 Å². The maximum Gasteiger partial charge on any atom is 0.228 e. The number of fused-ring (bicyclic) bond motifs is 3. The molecular weight excluding hydrogens is 424 g/mol. The number of carbonyl (C=O) groups excluding carboxylic acids is 1. The van der Waals surface area contributed by atoms with E-state index in [1.807, 2.05) is 16.7 Å². The van der Waals surface area contributed by atoms with Gasteiger partial charge in [-0.15, -0.1) is 0 Å². The van der Waals surface area contributed by atoms with Crippen LogP contribution >= 0.6 is 0 Å². The molecule has 0 saturated heterocycles. The van der Waals surface area contributed by atoms with Crippen LogP contribution < -0.4 is 20.5 Å². The Labute approximate surface area is 189 Å². The van der Waals surface area contributed by atoms with Crippen molar-refractivity contribution < 1.29 is 19.0 Å². The average Bonchev–Trinajstić information content (AvgIpc) is 3.42. The minimum absolute atomic E-state index is 0.170. The highest BCUT2D eigenvalue weighted by Gasteiger charge is 2.26. The fourth-order valence-corrected chi connectivity index (χ4v) is 4.02. The molecule has 4 aromatic rings. The molecule has 10 heteroatoms. The van der Waals surface area contributed by atoms with E-state index in [0.717, 1.165) is 33.5 Å². The Bertz CT molecular complexity index is 1350. The molecule has 0 spiro atoms. The number of anilines is 2. The minimum Gasteiger partial charge on any atom is -0.494 e. The van der Waals surface area contributed by atoms with E-state index < -0.39 is 0 Å². The lowest BCUT2D eigenvalue weighted by Crippen LogP contribution is -2.15. The van der Waals surface area contributed by atoms with Crippen LogP contribution in [-0.4, -0.2) is 39.6 Å². The largest absolute Gasteiger partial charge is 0.494 e. The summed E-state index contributed by atoms with van der Waals surface area (Å²) in [5.74, 6) is 1.21. The number of amides is 1. The summed E-state index contributed by atoms with van der Waals surface area (Å²) in [6.45, 7) is 0.919. The number of nitrogens with two attached hydrogens (primary N) is 1. The lowest BCUT2D eigenvalue weighted by atomic mass is 10.2. The topological polar surface area (TPSA) is 126 Å². The van der Waals surface area contributed by atoms with Crippen LogP contribution in [0.1, 0.15) is 16.8 Å². The van der Waals surface area contributed by atoms with Gasteiger partial charge >= 0.3 is 0 Å². The summed E-state index contributed by atoms with van der Waals surface area (Å²) >= 11 is 0. The highest BCUT2D eigenvalue weighted by atomic mass is 16.5. The zero-order valence-electron chi connectivity index (χ0n) is 18.2. The van der Waals surface area contributed by atoms with Gasteiger partial charge in [0.15, 0.2) is 5.82 Å². The van der Waals surface area contributed by atoms with E-state index in [-0.39, 0.29) is 12.3 Å². The smallest absolute Gasteiger partial charge is 0.228 e. The van der Waals surface area contributed by atoms with Gasteiger partial charge in [0.25, 0.3) is 0 Å². The molecule has 4 heterocycles. The zero-order chi connectivity index (χ0) is 22.9. The quantitative estimate of drug-likeness (QED) is 0.463. The van der Waals surface area contributed by atoms with Gasteiger partial charge in [-0.1, -0.05) is 6.07 Å². The van der Waals surface area contributed by atoms with Gasteiger partial charge in [-0.25, -0.2) is 15.0 Å². The molecule has 0 fully saturated rings. The number of methoxy groups -OCH3 is 2. The lowest BCUT2D eigenvalue weighted by molar-refractivity contribution is -0.115. The molecule has 3 aromatic heterocycles. The summed E-state index contributed by atoms with van der Waals surface area (Å²) in [6, 6.07) is 9.05. The number of nitrogen functional groups attached to an aromatic ring is 1. The maximum atomic E-state index is 12.6. The van der Waals surface area contributed by atoms with E-state index in [0.29, 0.717) is 36.3 Å². The first-order chi connectivity index (χ1) is 16.1. The number of pyridine rings is 1. The van der Waals surface area contributed by atoms with Crippen LogP contribution in [0, 0.1) is 0 Å². The summed E-state index contributed by atoms with van der Waals surface area (Å²) < 4.78 is 18.3. The second-order valence-electron chi connectivity index (χ2n) is 7.53. The van der Waals surface area contributed by atoms with Gasteiger partial charge in [0.1, 0.15) is 23.1 Å². The van der Waals surface area contributed by atoms with E-state index in [2.05, 4.69) is 20.3 Å². The first kappa shape index (κ1) is 20.7. The van der Waals surface area contributed by atoms with Gasteiger partial charge in [-0.2, -0.15) is 0 Å². The van der Waals surface area contributed by atoms with Gasteiger partial charge in [-0.05, 0) is 17.7 Å². The molecule has 0 radical (unpaired) electrons. The molecule has 1 aliphatic rings. The number of benzene rings is 1. The third kappa shape index (κ3) is 3.70. The lowest BCUT2D eigenvalue weighted by Gasteiger charge is -2.15. The van der Waals surface area contributed by atoms with Gasteiger partial charge in [-0.3, -0.25) is 4.79 Å². The molecule has 1 aliphatic heterocycles. The van der Waals surface area contributed by atoms with Crippen LogP contribution in [0.3, 0.4) is 0 Å². The number of aromatic nitrogens is 4. The van der Waals surface area contributed by atoms with Crippen molar-refractivity contribution in [1.29, 1.82) is 0 Å². The number of hydrogen-bond acceptors (Lipinski definition) is 8. The first-order valence-electron chi connectivity index (χ1n) is 10.3. The van der Waals surface area contributed by atoms with Gasteiger partial charge in [0.2, 0.25) is 11.8 Å². The number of ether oxygens (including phenoxy) is 3. The van der Waals surface area contributed by atoms with Crippen molar-refractivity contribution >= 4 is 28.4 Å². The van der Waals surface area contributed by atoms with Crippen molar-refractivity contribution in [1.82, 2.24) is 19.5 Å². The van der Waals surface area contributed by atoms with Crippen LogP contribution in [0.2, 0.25) is 0 Å². The predicted octanol–water partition coefficient (Wildman–Crippen LogP) is 2.63. The van der Waals surface area contributed by atoms with E-state index in [4.69, 9.17) is 19.9 Å². The van der Waals surface area contributed by atoms with Crippen LogP contribution in [0.4, 0.5) is 11.5 Å². The Morgan fingerprint density at radius 2 is 2.03 bits per heavy atom. The summed E-state index contributed by atoms with van der Waals surface area (Å²) in [5, 5.41) is 2.91. The molecule has 3 N–H and O–H groups in total. The average molecular weight is 446 g/mol. The highest BCUT2D eigenvalue weighted by molar-refractivity contribution is 5.94. The van der Waals surface area contributed by atoms with Gasteiger partial charge in [0, 0.05) is 29.6 Å². The Morgan fingerprint density at radius 3 is 2.79 bits per heavy atom. The molecule has 5 rings (SSSR count). The number of rotatable bonds is 6. The fourth-order valence-electron chi connectivity index (χ4n) is 4.02. The van der Waals surface area contributed by atoms with E-state index >= 15 is 0 Å². The summed E-state index contributed by atoms with van der Waals surface area (Å²) in [7, 11) is 3.10. The molecule has 0 atom stereocenters. The van der Waals surface area contributed by atoms with E-state index in [1.54, 1.807) is 38.6 Å². The molecule has 168 valence electrons. The monoisotopic (exact) mass is 446 g/mol. The molecule has 1 amide bonds. The predicted molar refractivity (Wildman–Crippen MR) is 121 cm³/mol. The molecule has 1 aromatic carbocycles. The minimum atomic E-state index is -0.189. The van der Waals surface area contributed by atoms with Gasteiger partial charge in [0.05, 0.1) is 45.2 Å². The van der Waals surface area contributed by atoms with Crippen LogP contribution in [-0.2, 0) is 29.2 Å². The first-order valence-corrected chi connectivity index (χ1v) is 10.3. The molecule has 0 bridgehead atoms. The SMILES string of the molecule is COc1ccc(CC(=O)Nc2ccc(-n3c4c(c5ncnc(N)c53)COC4)cc2OC)cn1. The van der Waals surface area contributed by atoms with Gasteiger partial charge < -0.3 is 29.8 Å². The number of nitrogens with zero attached hydrogens (tertiary/aromatic N) is 4. The molecule has 0 aliphatic carbocycles. The zero-order valence-corrected chi connectivity index (χ0v) is 18.2. The summed E-state index contributed by atoms with van der Waals surface area (Å²) in [4.78, 5) is 25.3. The summed E-state index contributed by atoms with van der Waals surface area (Å²) in [5.41, 5.74) is 11.8. The number of hydrogen-bond donors (Lipinski definition) is 2.